The molecule has 21 heavy (non-hydrogen) atoms. The highest BCUT2D eigenvalue weighted by Gasteiger charge is 2.12. The van der Waals surface area contributed by atoms with Crippen molar-refractivity contribution >= 4 is 0 Å². The minimum Gasteiger partial charge on any atom is -0.496 e. The van der Waals surface area contributed by atoms with Gasteiger partial charge < -0.3 is 14.8 Å². The van der Waals surface area contributed by atoms with E-state index in [1.54, 1.807) is 7.11 Å². The van der Waals surface area contributed by atoms with E-state index >= 15 is 0 Å². The van der Waals surface area contributed by atoms with Crippen molar-refractivity contribution in [2.75, 3.05) is 33.4 Å². The van der Waals surface area contributed by atoms with Gasteiger partial charge in [0.1, 0.15) is 5.75 Å². The van der Waals surface area contributed by atoms with Gasteiger partial charge in [-0.15, -0.1) is 0 Å². The molecule has 1 rings (SSSR count). The van der Waals surface area contributed by atoms with Crippen LogP contribution in [0.3, 0.4) is 0 Å². The number of nitrogens with one attached hydrogen (secondary N) is 1. The first kappa shape index (κ1) is 18.0. The van der Waals surface area contributed by atoms with Crippen molar-refractivity contribution in [3.05, 3.63) is 29.8 Å². The molecule has 1 aromatic rings. The van der Waals surface area contributed by atoms with Crippen molar-refractivity contribution in [1.82, 2.24) is 5.32 Å². The number of rotatable bonds is 12. The second kappa shape index (κ2) is 11.6. The molecule has 120 valence electrons. The predicted molar refractivity (Wildman–Crippen MR) is 89.1 cm³/mol. The summed E-state index contributed by atoms with van der Waals surface area (Å²) in [5.41, 5.74) is 1.29. The second-order valence-corrected chi connectivity index (χ2v) is 5.49. The fourth-order valence-corrected chi connectivity index (χ4v) is 2.44. The highest BCUT2D eigenvalue weighted by Crippen LogP contribution is 2.22. The Bertz CT molecular complexity index is 368. The number of ether oxygens (including phenoxy) is 2. The van der Waals surface area contributed by atoms with Crippen LogP contribution in [0.15, 0.2) is 24.3 Å². The maximum absolute atomic E-state index is 5.65. The van der Waals surface area contributed by atoms with Crippen LogP contribution in [0.2, 0.25) is 0 Å². The highest BCUT2D eigenvalue weighted by atomic mass is 16.5. The van der Waals surface area contributed by atoms with Crippen LogP contribution in [0.5, 0.6) is 5.75 Å². The molecule has 0 aliphatic heterocycles. The number of hydrogen-bond acceptors (Lipinski definition) is 3. The number of benzene rings is 1. The summed E-state index contributed by atoms with van der Waals surface area (Å²) in [5.74, 6) is 1.58. The molecule has 0 radical (unpaired) electrons. The summed E-state index contributed by atoms with van der Waals surface area (Å²) < 4.78 is 11.1. The molecule has 0 aromatic heterocycles. The maximum Gasteiger partial charge on any atom is 0.122 e. The molecule has 1 aromatic carbocycles. The van der Waals surface area contributed by atoms with E-state index in [1.165, 1.54) is 12.0 Å². The summed E-state index contributed by atoms with van der Waals surface area (Å²) in [5, 5.41) is 3.54. The summed E-state index contributed by atoms with van der Waals surface area (Å²) in [6, 6.07) is 8.32. The molecule has 1 unspecified atom stereocenters. The topological polar surface area (TPSA) is 30.5 Å². The van der Waals surface area contributed by atoms with E-state index in [-0.39, 0.29) is 0 Å². The molecule has 0 saturated carbocycles. The molecule has 0 saturated heterocycles. The normalized spacial score (nSPS) is 12.3. The quantitative estimate of drug-likeness (QED) is 0.596. The first-order valence-electron chi connectivity index (χ1n) is 8.22. The lowest BCUT2D eigenvalue weighted by Gasteiger charge is -2.19. The van der Waals surface area contributed by atoms with Crippen molar-refractivity contribution in [2.45, 2.75) is 39.5 Å². The molecular weight excluding hydrogens is 262 g/mol. The Morgan fingerprint density at radius 2 is 1.90 bits per heavy atom. The molecular formula is C18H31NO2. The molecule has 0 amide bonds. The Kier molecular flexibility index (Phi) is 9.92. The van der Waals surface area contributed by atoms with Crippen LogP contribution in [0, 0.1) is 5.92 Å². The molecule has 1 N–H and O–H groups in total. The number of hydrogen-bond donors (Lipinski definition) is 1. The van der Waals surface area contributed by atoms with Gasteiger partial charge in [-0.1, -0.05) is 32.0 Å². The van der Waals surface area contributed by atoms with E-state index in [0.29, 0.717) is 5.92 Å². The van der Waals surface area contributed by atoms with Gasteiger partial charge in [0.15, 0.2) is 0 Å². The van der Waals surface area contributed by atoms with Crippen molar-refractivity contribution in [2.24, 2.45) is 5.92 Å². The van der Waals surface area contributed by atoms with E-state index in [1.807, 2.05) is 12.1 Å². The third-order valence-electron chi connectivity index (χ3n) is 3.58. The summed E-state index contributed by atoms with van der Waals surface area (Å²) >= 11 is 0. The smallest absolute Gasteiger partial charge is 0.122 e. The first-order chi connectivity index (χ1) is 10.3. The van der Waals surface area contributed by atoms with E-state index in [4.69, 9.17) is 9.47 Å². The molecule has 0 aliphatic carbocycles. The lowest BCUT2D eigenvalue weighted by molar-refractivity contribution is 0.120. The third-order valence-corrected chi connectivity index (χ3v) is 3.58. The fraction of sp³-hybridized carbons (Fsp3) is 0.667. The lowest BCUT2D eigenvalue weighted by atomic mass is 9.95. The van der Waals surface area contributed by atoms with Gasteiger partial charge >= 0.3 is 0 Å². The van der Waals surface area contributed by atoms with Crippen LogP contribution in [0.1, 0.15) is 38.7 Å². The average Bonchev–Trinajstić information content (AvgIpc) is 2.52. The van der Waals surface area contributed by atoms with Crippen LogP contribution < -0.4 is 10.1 Å². The van der Waals surface area contributed by atoms with Crippen molar-refractivity contribution in [3.63, 3.8) is 0 Å². The maximum atomic E-state index is 5.65. The standard InChI is InChI=1S/C18H31NO2/c1-4-11-19-15-16(10-13-21-12-5-2)14-17-8-6-7-9-18(17)20-3/h6-9,16,19H,4-5,10-15H2,1-3H3. The molecule has 0 heterocycles. The first-order valence-corrected chi connectivity index (χ1v) is 8.22. The Labute approximate surface area is 130 Å². The van der Waals surface area contributed by atoms with Gasteiger partial charge in [-0.25, -0.2) is 0 Å². The second-order valence-electron chi connectivity index (χ2n) is 5.49. The summed E-state index contributed by atoms with van der Waals surface area (Å²) in [4.78, 5) is 0. The molecule has 0 aliphatic rings. The van der Waals surface area contributed by atoms with Crippen LogP contribution in [-0.2, 0) is 11.2 Å². The van der Waals surface area contributed by atoms with E-state index in [0.717, 1.165) is 51.3 Å². The van der Waals surface area contributed by atoms with Gasteiger partial charge in [0, 0.05) is 13.2 Å². The minimum absolute atomic E-state index is 0.588. The average molecular weight is 293 g/mol. The zero-order valence-corrected chi connectivity index (χ0v) is 13.9. The molecule has 0 fully saturated rings. The Hall–Kier alpha value is -1.06. The van der Waals surface area contributed by atoms with Crippen LogP contribution >= 0.6 is 0 Å². The Morgan fingerprint density at radius 3 is 2.62 bits per heavy atom. The molecule has 3 nitrogen and oxygen atoms in total. The highest BCUT2D eigenvalue weighted by molar-refractivity contribution is 5.33. The summed E-state index contributed by atoms with van der Waals surface area (Å²) in [7, 11) is 1.74. The Morgan fingerprint density at radius 1 is 1.10 bits per heavy atom. The van der Waals surface area contributed by atoms with Gasteiger partial charge in [0.25, 0.3) is 0 Å². The molecule has 0 spiro atoms. The zero-order valence-electron chi connectivity index (χ0n) is 13.9. The van der Waals surface area contributed by atoms with Gasteiger partial charge in [-0.2, -0.15) is 0 Å². The van der Waals surface area contributed by atoms with Crippen molar-refractivity contribution in [3.8, 4) is 5.75 Å². The molecule has 0 bridgehead atoms. The monoisotopic (exact) mass is 293 g/mol. The lowest BCUT2D eigenvalue weighted by Crippen LogP contribution is -2.26. The Balaban J connectivity index is 2.53. The van der Waals surface area contributed by atoms with Crippen LogP contribution in [-0.4, -0.2) is 33.4 Å². The van der Waals surface area contributed by atoms with Crippen molar-refractivity contribution < 1.29 is 9.47 Å². The van der Waals surface area contributed by atoms with Gasteiger partial charge in [-0.05, 0) is 56.3 Å². The number of para-hydroxylation sites is 1. The van der Waals surface area contributed by atoms with E-state index in [9.17, 15) is 0 Å². The van der Waals surface area contributed by atoms with Gasteiger partial charge in [-0.3, -0.25) is 0 Å². The zero-order chi connectivity index (χ0) is 15.3. The van der Waals surface area contributed by atoms with Crippen LogP contribution in [0.4, 0.5) is 0 Å². The molecule has 1 atom stereocenters. The van der Waals surface area contributed by atoms with Gasteiger partial charge in [0.05, 0.1) is 7.11 Å². The third kappa shape index (κ3) is 7.49. The largest absolute Gasteiger partial charge is 0.496 e. The van der Waals surface area contributed by atoms with Crippen LogP contribution in [0.25, 0.3) is 0 Å². The summed E-state index contributed by atoms with van der Waals surface area (Å²) in [6.07, 6.45) is 4.39. The van der Waals surface area contributed by atoms with E-state index in [2.05, 4.69) is 31.3 Å². The fourth-order valence-electron chi connectivity index (χ4n) is 2.44. The minimum atomic E-state index is 0.588. The summed E-state index contributed by atoms with van der Waals surface area (Å²) in [6.45, 7) is 8.19. The van der Waals surface area contributed by atoms with E-state index < -0.39 is 0 Å². The molecule has 3 heteroatoms. The van der Waals surface area contributed by atoms with Gasteiger partial charge in [0.2, 0.25) is 0 Å². The number of methoxy groups -OCH3 is 1. The SMILES string of the molecule is CCCNCC(CCOCCC)Cc1ccccc1OC. The predicted octanol–water partition coefficient (Wildman–Crippen LogP) is 3.67. The van der Waals surface area contributed by atoms with Crippen molar-refractivity contribution in [1.29, 1.82) is 0 Å².